The number of aryl methyl sites for hydroxylation is 1. The van der Waals surface area contributed by atoms with Gasteiger partial charge < -0.3 is 9.67 Å². The van der Waals surface area contributed by atoms with Crippen LogP contribution in [0.4, 0.5) is 0 Å². The first-order valence-corrected chi connectivity index (χ1v) is 6.53. The van der Waals surface area contributed by atoms with E-state index in [-0.39, 0.29) is 11.3 Å². The second-order valence-corrected chi connectivity index (χ2v) is 4.91. The number of aromatic nitrogens is 1. The molecule has 0 unspecified atom stereocenters. The molecule has 0 radical (unpaired) electrons. The molecule has 0 amide bonds. The molecule has 0 saturated carbocycles. The van der Waals surface area contributed by atoms with Crippen molar-refractivity contribution in [3.8, 4) is 5.75 Å². The lowest BCUT2D eigenvalue weighted by Gasteiger charge is -2.13. The van der Waals surface area contributed by atoms with Crippen LogP contribution in [0.2, 0.25) is 0 Å². The summed E-state index contributed by atoms with van der Waals surface area (Å²) in [6.45, 7) is 2.45. The van der Waals surface area contributed by atoms with Crippen molar-refractivity contribution < 1.29 is 5.11 Å². The molecule has 2 aromatic carbocycles. The fourth-order valence-electron chi connectivity index (χ4n) is 2.53. The second kappa shape index (κ2) is 4.85. The molecule has 0 aliphatic rings. The van der Waals surface area contributed by atoms with Crippen LogP contribution in [0, 0.1) is 6.92 Å². The first-order chi connectivity index (χ1) is 9.66. The number of hydrogen-bond donors (Lipinski definition) is 1. The highest BCUT2D eigenvalue weighted by molar-refractivity contribution is 5.87. The lowest BCUT2D eigenvalue weighted by Crippen LogP contribution is -2.20. The van der Waals surface area contributed by atoms with E-state index < -0.39 is 0 Å². The maximum atomic E-state index is 12.2. The number of aromatic hydroxyl groups is 1. The van der Waals surface area contributed by atoms with Crippen LogP contribution in [0.5, 0.6) is 5.75 Å². The number of nitrogens with zero attached hydrogens (tertiary/aromatic N) is 1. The van der Waals surface area contributed by atoms with E-state index in [0.29, 0.717) is 11.9 Å². The number of rotatable bonds is 2. The molecule has 3 nitrogen and oxygen atoms in total. The third-order valence-electron chi connectivity index (χ3n) is 3.49. The Morgan fingerprint density at radius 3 is 2.55 bits per heavy atom. The Bertz CT molecular complexity index is 820. The van der Waals surface area contributed by atoms with Crippen molar-refractivity contribution in [3.63, 3.8) is 0 Å². The Morgan fingerprint density at radius 2 is 1.80 bits per heavy atom. The van der Waals surface area contributed by atoms with E-state index in [1.165, 1.54) is 6.07 Å². The zero-order chi connectivity index (χ0) is 14.1. The zero-order valence-corrected chi connectivity index (χ0v) is 11.2. The first kappa shape index (κ1) is 12.5. The van der Waals surface area contributed by atoms with Gasteiger partial charge in [-0.3, -0.25) is 4.79 Å². The van der Waals surface area contributed by atoms with Gasteiger partial charge in [0, 0.05) is 11.5 Å². The van der Waals surface area contributed by atoms with Crippen molar-refractivity contribution in [1.29, 1.82) is 0 Å². The molecule has 1 heterocycles. The van der Waals surface area contributed by atoms with E-state index in [9.17, 15) is 9.90 Å². The predicted octanol–water partition coefficient (Wildman–Crippen LogP) is 3.06. The van der Waals surface area contributed by atoms with Gasteiger partial charge in [0.05, 0.1) is 12.1 Å². The van der Waals surface area contributed by atoms with E-state index in [0.717, 1.165) is 16.6 Å². The molecule has 0 aliphatic heterocycles. The Morgan fingerprint density at radius 1 is 1.05 bits per heavy atom. The summed E-state index contributed by atoms with van der Waals surface area (Å²) in [6.07, 6.45) is 0. The van der Waals surface area contributed by atoms with Crippen molar-refractivity contribution in [2.24, 2.45) is 0 Å². The van der Waals surface area contributed by atoms with Crippen LogP contribution in [-0.4, -0.2) is 9.67 Å². The Kier molecular flexibility index (Phi) is 3.03. The fraction of sp³-hybridized carbons (Fsp3) is 0.118. The molecular weight excluding hydrogens is 250 g/mol. The van der Waals surface area contributed by atoms with Crippen LogP contribution in [0.1, 0.15) is 11.1 Å². The molecule has 0 saturated heterocycles. The van der Waals surface area contributed by atoms with Gasteiger partial charge in [-0.15, -0.1) is 0 Å². The number of fused-ring (bicyclic) bond motifs is 1. The van der Waals surface area contributed by atoms with Crippen molar-refractivity contribution >= 4 is 10.9 Å². The van der Waals surface area contributed by atoms with Gasteiger partial charge >= 0.3 is 0 Å². The molecular formula is C17H15NO2. The van der Waals surface area contributed by atoms with E-state index in [1.54, 1.807) is 4.57 Å². The maximum absolute atomic E-state index is 12.2. The van der Waals surface area contributed by atoms with E-state index in [4.69, 9.17) is 0 Å². The highest BCUT2D eigenvalue weighted by Crippen LogP contribution is 2.25. The number of hydrogen-bond acceptors (Lipinski definition) is 2. The molecule has 0 spiro atoms. The van der Waals surface area contributed by atoms with E-state index in [1.807, 2.05) is 55.5 Å². The Balaban J connectivity index is 2.27. The fourth-order valence-corrected chi connectivity index (χ4v) is 2.53. The van der Waals surface area contributed by atoms with Crippen molar-refractivity contribution in [2.75, 3.05) is 0 Å². The quantitative estimate of drug-likeness (QED) is 0.773. The Labute approximate surface area is 116 Å². The van der Waals surface area contributed by atoms with Gasteiger partial charge in [0.2, 0.25) is 0 Å². The lowest BCUT2D eigenvalue weighted by molar-refractivity contribution is 0.479. The van der Waals surface area contributed by atoms with Gasteiger partial charge in [0.25, 0.3) is 5.56 Å². The summed E-state index contributed by atoms with van der Waals surface area (Å²) in [5.74, 6) is 0.0398. The summed E-state index contributed by atoms with van der Waals surface area (Å²) in [7, 11) is 0. The molecule has 1 aromatic heterocycles. The van der Waals surface area contributed by atoms with Crippen molar-refractivity contribution in [3.05, 3.63) is 76.1 Å². The summed E-state index contributed by atoms with van der Waals surface area (Å²) < 4.78 is 1.71. The zero-order valence-electron chi connectivity index (χ0n) is 11.2. The molecule has 0 atom stereocenters. The highest BCUT2D eigenvalue weighted by Gasteiger charge is 2.10. The van der Waals surface area contributed by atoms with Gasteiger partial charge in [-0.1, -0.05) is 42.5 Å². The average molecular weight is 265 g/mol. The minimum absolute atomic E-state index is 0.0398. The average Bonchev–Trinajstić information content (AvgIpc) is 2.45. The van der Waals surface area contributed by atoms with Crippen LogP contribution in [0.15, 0.2) is 59.4 Å². The van der Waals surface area contributed by atoms with Crippen LogP contribution in [0.25, 0.3) is 10.9 Å². The monoisotopic (exact) mass is 265 g/mol. The molecule has 0 bridgehead atoms. The maximum Gasteiger partial charge on any atom is 0.255 e. The van der Waals surface area contributed by atoms with Crippen LogP contribution in [0.3, 0.4) is 0 Å². The largest absolute Gasteiger partial charge is 0.507 e. The van der Waals surface area contributed by atoms with Crippen molar-refractivity contribution in [2.45, 2.75) is 13.5 Å². The van der Waals surface area contributed by atoms with E-state index in [2.05, 4.69) is 0 Å². The minimum Gasteiger partial charge on any atom is -0.507 e. The molecule has 20 heavy (non-hydrogen) atoms. The third kappa shape index (κ3) is 2.07. The lowest BCUT2D eigenvalue weighted by atomic mass is 10.1. The van der Waals surface area contributed by atoms with Crippen LogP contribution in [-0.2, 0) is 6.54 Å². The summed E-state index contributed by atoms with van der Waals surface area (Å²) in [5, 5.41) is 10.7. The summed E-state index contributed by atoms with van der Waals surface area (Å²) in [5.41, 5.74) is 2.64. The topological polar surface area (TPSA) is 42.2 Å². The standard InChI is InChI=1S/C17H15NO2/c1-12-6-5-9-14-15(19)10-16(20)18(17(12)14)11-13-7-3-2-4-8-13/h2-10,19H,11H2,1H3. The van der Waals surface area contributed by atoms with Crippen molar-refractivity contribution in [1.82, 2.24) is 4.57 Å². The molecule has 0 aliphatic carbocycles. The van der Waals surface area contributed by atoms with Gasteiger partial charge in [-0.2, -0.15) is 0 Å². The SMILES string of the molecule is Cc1cccc2c(O)cc(=O)n(Cc3ccccc3)c12. The van der Waals surface area contributed by atoms with Gasteiger partial charge in [-0.05, 0) is 24.1 Å². The molecule has 3 rings (SSSR count). The molecule has 3 heteroatoms. The summed E-state index contributed by atoms with van der Waals surface area (Å²) >= 11 is 0. The van der Waals surface area contributed by atoms with Gasteiger partial charge in [-0.25, -0.2) is 0 Å². The van der Waals surface area contributed by atoms with Crippen LogP contribution >= 0.6 is 0 Å². The smallest absolute Gasteiger partial charge is 0.255 e. The van der Waals surface area contributed by atoms with E-state index >= 15 is 0 Å². The summed E-state index contributed by atoms with van der Waals surface area (Å²) in [4.78, 5) is 12.2. The normalized spacial score (nSPS) is 10.8. The summed E-state index contributed by atoms with van der Waals surface area (Å²) in [6, 6.07) is 16.8. The second-order valence-electron chi connectivity index (χ2n) is 4.91. The number of pyridine rings is 1. The molecule has 1 N–H and O–H groups in total. The van der Waals surface area contributed by atoms with Gasteiger partial charge in [0.15, 0.2) is 0 Å². The first-order valence-electron chi connectivity index (χ1n) is 6.53. The molecule has 3 aromatic rings. The molecule has 0 fully saturated rings. The highest BCUT2D eigenvalue weighted by atomic mass is 16.3. The number of benzene rings is 2. The van der Waals surface area contributed by atoms with Crippen LogP contribution < -0.4 is 5.56 Å². The predicted molar refractivity (Wildman–Crippen MR) is 80.2 cm³/mol. The minimum atomic E-state index is -0.187. The third-order valence-corrected chi connectivity index (χ3v) is 3.49. The van der Waals surface area contributed by atoms with Gasteiger partial charge in [0.1, 0.15) is 5.75 Å². The number of para-hydroxylation sites is 1. The Hall–Kier alpha value is -2.55. The molecule has 100 valence electrons.